The normalized spacial score (nSPS) is 10.3. The smallest absolute Gasteiger partial charge is 0.166 e. The van der Waals surface area contributed by atoms with Crippen LogP contribution >= 0.6 is 0 Å². The van der Waals surface area contributed by atoms with E-state index in [0.29, 0.717) is 11.6 Å². The van der Waals surface area contributed by atoms with Crippen molar-refractivity contribution in [3.05, 3.63) is 41.6 Å². The van der Waals surface area contributed by atoms with Gasteiger partial charge in [-0.2, -0.15) is 0 Å². The van der Waals surface area contributed by atoms with Crippen LogP contribution in [0.15, 0.2) is 30.5 Å². The molecule has 0 unspecified atom stereocenters. The van der Waals surface area contributed by atoms with Crippen LogP contribution in [-0.4, -0.2) is 12.1 Å². The van der Waals surface area contributed by atoms with Gasteiger partial charge in [0.2, 0.25) is 0 Å². The fourth-order valence-corrected chi connectivity index (χ4v) is 1.83. The van der Waals surface area contributed by atoms with Crippen molar-refractivity contribution in [2.24, 2.45) is 0 Å². The molecular formula is C14H16N2O. The predicted octanol–water partition coefficient (Wildman–Crippen LogP) is 2.96. The van der Waals surface area contributed by atoms with Crippen LogP contribution in [0.1, 0.15) is 11.1 Å². The van der Waals surface area contributed by atoms with Crippen molar-refractivity contribution >= 4 is 5.82 Å². The van der Waals surface area contributed by atoms with Crippen molar-refractivity contribution < 1.29 is 4.74 Å². The van der Waals surface area contributed by atoms with E-state index in [-0.39, 0.29) is 0 Å². The van der Waals surface area contributed by atoms with E-state index in [1.807, 2.05) is 12.1 Å². The zero-order valence-corrected chi connectivity index (χ0v) is 10.3. The lowest BCUT2D eigenvalue weighted by atomic mass is 9.98. The first-order valence-corrected chi connectivity index (χ1v) is 5.49. The van der Waals surface area contributed by atoms with Crippen molar-refractivity contribution in [1.82, 2.24) is 4.98 Å². The van der Waals surface area contributed by atoms with Gasteiger partial charge < -0.3 is 10.5 Å². The van der Waals surface area contributed by atoms with E-state index < -0.39 is 0 Å². The second-order valence-electron chi connectivity index (χ2n) is 4.06. The van der Waals surface area contributed by atoms with E-state index in [2.05, 4.69) is 31.0 Å². The molecule has 0 aliphatic heterocycles. The number of ether oxygens (including phenoxy) is 1. The largest absolute Gasteiger partial charge is 0.493 e. The third kappa shape index (κ3) is 2.09. The fraction of sp³-hybridized carbons (Fsp3) is 0.214. The molecule has 0 aliphatic carbocycles. The molecule has 17 heavy (non-hydrogen) atoms. The summed E-state index contributed by atoms with van der Waals surface area (Å²) in [6, 6.07) is 8.14. The van der Waals surface area contributed by atoms with Crippen LogP contribution in [0.25, 0.3) is 11.1 Å². The summed E-state index contributed by atoms with van der Waals surface area (Å²) >= 11 is 0. The Balaban J connectivity index is 2.57. The molecular weight excluding hydrogens is 212 g/mol. The van der Waals surface area contributed by atoms with E-state index in [9.17, 15) is 0 Å². The van der Waals surface area contributed by atoms with Gasteiger partial charge in [-0.3, -0.25) is 0 Å². The number of aromatic nitrogens is 1. The number of nitrogens with two attached hydrogens (primary N) is 1. The third-order valence-corrected chi connectivity index (χ3v) is 3.02. The monoisotopic (exact) mass is 228 g/mol. The van der Waals surface area contributed by atoms with Crippen molar-refractivity contribution in [3.63, 3.8) is 0 Å². The highest BCUT2D eigenvalue weighted by Gasteiger charge is 2.07. The second kappa shape index (κ2) is 4.45. The standard InChI is InChI=1S/C14H16N2O/c1-9-5-4-6-12(10(9)2)11-7-13(17-3)14(15)16-8-11/h4-8H,1-3H3,(H2,15,16). The molecule has 1 aromatic carbocycles. The maximum atomic E-state index is 5.71. The summed E-state index contributed by atoms with van der Waals surface area (Å²) in [6.07, 6.45) is 1.78. The number of rotatable bonds is 2. The van der Waals surface area contributed by atoms with Crippen LogP contribution in [0.3, 0.4) is 0 Å². The van der Waals surface area contributed by atoms with E-state index >= 15 is 0 Å². The van der Waals surface area contributed by atoms with Crippen molar-refractivity contribution in [2.45, 2.75) is 13.8 Å². The predicted molar refractivity (Wildman–Crippen MR) is 70.1 cm³/mol. The molecule has 0 amide bonds. The summed E-state index contributed by atoms with van der Waals surface area (Å²) in [5.74, 6) is 1.03. The van der Waals surface area contributed by atoms with Crippen molar-refractivity contribution in [3.8, 4) is 16.9 Å². The number of anilines is 1. The molecule has 0 bridgehead atoms. The Morgan fingerprint density at radius 1 is 1.24 bits per heavy atom. The number of pyridine rings is 1. The Hall–Kier alpha value is -2.03. The Labute approximate surface area is 101 Å². The van der Waals surface area contributed by atoms with Crippen LogP contribution < -0.4 is 10.5 Å². The van der Waals surface area contributed by atoms with Crippen LogP contribution in [0.4, 0.5) is 5.82 Å². The average molecular weight is 228 g/mol. The number of nitrogens with zero attached hydrogens (tertiary/aromatic N) is 1. The molecule has 0 saturated carbocycles. The van der Waals surface area contributed by atoms with Gasteiger partial charge in [0.05, 0.1) is 7.11 Å². The summed E-state index contributed by atoms with van der Waals surface area (Å²) in [7, 11) is 1.60. The zero-order valence-electron chi connectivity index (χ0n) is 10.3. The average Bonchev–Trinajstić information content (AvgIpc) is 2.34. The molecule has 2 rings (SSSR count). The number of nitrogen functional groups attached to an aromatic ring is 1. The molecule has 0 radical (unpaired) electrons. The summed E-state index contributed by atoms with van der Waals surface area (Å²) in [5.41, 5.74) is 10.4. The SMILES string of the molecule is COc1cc(-c2cccc(C)c2C)cnc1N. The summed E-state index contributed by atoms with van der Waals surface area (Å²) < 4.78 is 5.19. The maximum Gasteiger partial charge on any atom is 0.166 e. The van der Waals surface area contributed by atoms with Gasteiger partial charge in [-0.25, -0.2) is 4.98 Å². The van der Waals surface area contributed by atoms with Gasteiger partial charge in [-0.15, -0.1) is 0 Å². The number of hydrogen-bond donors (Lipinski definition) is 1. The number of hydrogen-bond acceptors (Lipinski definition) is 3. The lowest BCUT2D eigenvalue weighted by molar-refractivity contribution is 0.415. The molecule has 88 valence electrons. The number of aryl methyl sites for hydroxylation is 1. The summed E-state index contributed by atoms with van der Waals surface area (Å²) in [6.45, 7) is 4.20. The van der Waals surface area contributed by atoms with Gasteiger partial charge in [0, 0.05) is 11.8 Å². The van der Waals surface area contributed by atoms with E-state index in [1.54, 1.807) is 13.3 Å². The lowest BCUT2D eigenvalue weighted by Gasteiger charge is -2.10. The Kier molecular flexibility index (Phi) is 3.00. The third-order valence-electron chi connectivity index (χ3n) is 3.02. The van der Waals surface area contributed by atoms with Crippen LogP contribution in [-0.2, 0) is 0 Å². The maximum absolute atomic E-state index is 5.71. The highest BCUT2D eigenvalue weighted by Crippen LogP contribution is 2.29. The van der Waals surface area contributed by atoms with Crippen LogP contribution in [0, 0.1) is 13.8 Å². The molecule has 2 N–H and O–H groups in total. The first kappa shape index (κ1) is 11.5. The minimum Gasteiger partial charge on any atom is -0.493 e. The molecule has 0 fully saturated rings. The number of benzene rings is 1. The quantitative estimate of drug-likeness (QED) is 0.859. The molecule has 0 saturated heterocycles. The Morgan fingerprint density at radius 3 is 2.71 bits per heavy atom. The Bertz CT molecular complexity index is 550. The Morgan fingerprint density at radius 2 is 2.00 bits per heavy atom. The first-order chi connectivity index (χ1) is 8.13. The first-order valence-electron chi connectivity index (χ1n) is 5.49. The van der Waals surface area contributed by atoms with E-state index in [0.717, 1.165) is 11.1 Å². The van der Waals surface area contributed by atoms with Gasteiger partial charge in [-0.1, -0.05) is 18.2 Å². The van der Waals surface area contributed by atoms with Gasteiger partial charge in [0.25, 0.3) is 0 Å². The van der Waals surface area contributed by atoms with Crippen LogP contribution in [0.5, 0.6) is 5.75 Å². The van der Waals surface area contributed by atoms with Gasteiger partial charge in [0.15, 0.2) is 11.6 Å². The van der Waals surface area contributed by atoms with Crippen molar-refractivity contribution in [1.29, 1.82) is 0 Å². The number of methoxy groups -OCH3 is 1. The lowest BCUT2D eigenvalue weighted by Crippen LogP contribution is -1.96. The van der Waals surface area contributed by atoms with Crippen LogP contribution in [0.2, 0.25) is 0 Å². The molecule has 3 heteroatoms. The molecule has 1 heterocycles. The minimum absolute atomic E-state index is 0.418. The van der Waals surface area contributed by atoms with Crippen molar-refractivity contribution in [2.75, 3.05) is 12.8 Å². The molecule has 0 aliphatic rings. The highest BCUT2D eigenvalue weighted by molar-refractivity contribution is 5.70. The second-order valence-corrected chi connectivity index (χ2v) is 4.06. The fourth-order valence-electron chi connectivity index (χ4n) is 1.83. The molecule has 0 spiro atoms. The molecule has 0 atom stereocenters. The molecule has 1 aromatic heterocycles. The van der Waals surface area contributed by atoms with E-state index in [1.165, 1.54) is 11.1 Å². The van der Waals surface area contributed by atoms with Gasteiger partial charge in [-0.05, 0) is 36.6 Å². The molecule has 2 aromatic rings. The van der Waals surface area contributed by atoms with E-state index in [4.69, 9.17) is 10.5 Å². The van der Waals surface area contributed by atoms with Gasteiger partial charge in [0.1, 0.15) is 0 Å². The minimum atomic E-state index is 0.418. The highest BCUT2D eigenvalue weighted by atomic mass is 16.5. The topological polar surface area (TPSA) is 48.1 Å². The summed E-state index contributed by atoms with van der Waals surface area (Å²) in [4.78, 5) is 4.15. The van der Waals surface area contributed by atoms with Gasteiger partial charge >= 0.3 is 0 Å². The zero-order chi connectivity index (χ0) is 12.4. The summed E-state index contributed by atoms with van der Waals surface area (Å²) in [5, 5.41) is 0. The molecule has 3 nitrogen and oxygen atoms in total.